The number of allylic oxidation sites excluding steroid dienone is 2. The maximum Gasteiger partial charge on any atom is 0.262 e. The lowest BCUT2D eigenvalue weighted by Crippen LogP contribution is -2.52. The first-order valence-electron chi connectivity index (χ1n) is 10.7. The summed E-state index contributed by atoms with van der Waals surface area (Å²) >= 11 is 6.17. The highest BCUT2D eigenvalue weighted by Crippen LogP contribution is 2.33. The van der Waals surface area contributed by atoms with E-state index in [0.717, 1.165) is 11.6 Å². The summed E-state index contributed by atoms with van der Waals surface area (Å²) < 4.78 is 39.8. The van der Waals surface area contributed by atoms with E-state index in [4.69, 9.17) is 21.1 Å². The van der Waals surface area contributed by atoms with Crippen molar-refractivity contribution in [1.29, 1.82) is 0 Å². The molecule has 34 heavy (non-hydrogen) atoms. The molecule has 2 N–H and O–H groups in total. The number of carbonyl (C=O) groups excluding carboxylic acids is 2. The highest BCUT2D eigenvalue weighted by atomic mass is 35.5. The fourth-order valence-electron chi connectivity index (χ4n) is 4.01. The van der Waals surface area contributed by atoms with E-state index in [2.05, 4.69) is 10.6 Å². The Morgan fingerprint density at radius 3 is 2.79 bits per heavy atom. The molecule has 0 radical (unpaired) electrons. The normalized spacial score (nSPS) is 17.4. The summed E-state index contributed by atoms with van der Waals surface area (Å²) in [7, 11) is 0. The van der Waals surface area contributed by atoms with Gasteiger partial charge in [-0.2, -0.15) is 0 Å². The molecule has 0 aromatic heterocycles. The Kier molecular flexibility index (Phi) is 5.87. The van der Waals surface area contributed by atoms with E-state index in [1.165, 1.54) is 17.0 Å². The number of nitrogens with one attached hydrogen (secondary N) is 2. The summed E-state index contributed by atoms with van der Waals surface area (Å²) in [5.74, 6) is -1.81. The quantitative estimate of drug-likeness (QED) is 0.674. The Morgan fingerprint density at radius 1 is 1.21 bits per heavy atom. The van der Waals surface area contributed by atoms with Crippen molar-refractivity contribution >= 4 is 34.7 Å². The maximum absolute atomic E-state index is 14.6. The summed E-state index contributed by atoms with van der Waals surface area (Å²) in [5, 5.41) is 6.05. The Balaban J connectivity index is 1.17. The third-order valence-electron chi connectivity index (χ3n) is 5.80. The fraction of sp³-hybridized carbons (Fsp3) is 0.250. The molecule has 3 heterocycles. The van der Waals surface area contributed by atoms with Crippen LogP contribution in [0.1, 0.15) is 15.9 Å². The molecular formula is C24H20ClF2N3O4. The number of dihydropyridines is 1. The van der Waals surface area contributed by atoms with Crippen LogP contribution in [0.3, 0.4) is 0 Å². The zero-order valence-corrected chi connectivity index (χ0v) is 18.6. The monoisotopic (exact) mass is 487 g/mol. The predicted octanol–water partition coefficient (Wildman–Crippen LogP) is 3.51. The number of anilines is 1. The number of amides is 2. The Bertz CT molecular complexity index is 1240. The molecule has 2 aromatic rings. The van der Waals surface area contributed by atoms with E-state index >= 15 is 0 Å². The summed E-state index contributed by atoms with van der Waals surface area (Å²) in [5.41, 5.74) is 1.52. The number of hydrogen-bond acceptors (Lipinski definition) is 5. The molecule has 0 aliphatic carbocycles. The van der Waals surface area contributed by atoms with Crippen LogP contribution in [0.25, 0.3) is 5.57 Å². The summed E-state index contributed by atoms with van der Waals surface area (Å²) in [6.45, 7) is 1.32. The smallest absolute Gasteiger partial charge is 0.262 e. The minimum Gasteiger partial charge on any atom is -0.490 e. The van der Waals surface area contributed by atoms with Crippen LogP contribution in [0.4, 0.5) is 14.5 Å². The third kappa shape index (κ3) is 4.31. The molecule has 1 fully saturated rings. The second kappa shape index (κ2) is 8.98. The average Bonchev–Trinajstić information content (AvgIpc) is 2.79. The van der Waals surface area contributed by atoms with Crippen LogP contribution < -0.4 is 20.1 Å². The van der Waals surface area contributed by atoms with Gasteiger partial charge in [-0.3, -0.25) is 9.59 Å². The molecule has 5 rings (SSSR count). The number of halogens is 3. The molecule has 10 heteroatoms. The van der Waals surface area contributed by atoms with Crippen molar-refractivity contribution in [2.45, 2.75) is 0 Å². The van der Waals surface area contributed by atoms with Crippen molar-refractivity contribution in [3.05, 3.63) is 70.4 Å². The molecule has 0 bridgehead atoms. The van der Waals surface area contributed by atoms with E-state index in [1.54, 1.807) is 18.3 Å². The SMILES string of the molecule is O=C1COc2cc(F)c(C(=O)N3CC(COc4ccc(C5=CCNC=C5Cl)cc4F)C3)cc2N1. The standard InChI is InChI=1S/C24H20ClF2N3O4/c25-17-8-28-4-3-15(17)14-1-2-21(19(27)5-14)33-11-13-9-30(10-13)24(32)16-6-20-22(7-18(16)26)34-12-23(31)29-20/h1-3,5-8,13,28H,4,9-12H2,(H,29,31). The molecule has 0 atom stereocenters. The van der Waals surface area contributed by atoms with Crippen LogP contribution in [0.2, 0.25) is 0 Å². The molecule has 176 valence electrons. The number of ether oxygens (including phenoxy) is 2. The van der Waals surface area contributed by atoms with Crippen LogP contribution in [-0.2, 0) is 4.79 Å². The molecule has 2 aromatic carbocycles. The lowest BCUT2D eigenvalue weighted by atomic mass is 9.99. The van der Waals surface area contributed by atoms with Crippen LogP contribution in [0, 0.1) is 17.6 Å². The number of benzene rings is 2. The van der Waals surface area contributed by atoms with Gasteiger partial charge in [-0.25, -0.2) is 8.78 Å². The van der Waals surface area contributed by atoms with Gasteiger partial charge in [-0.15, -0.1) is 0 Å². The Labute approximate surface area is 199 Å². The van der Waals surface area contributed by atoms with Gasteiger partial charge >= 0.3 is 0 Å². The van der Waals surface area contributed by atoms with Crippen LogP contribution in [-0.4, -0.2) is 49.6 Å². The molecule has 0 spiro atoms. The minimum absolute atomic E-state index is 0.0174. The fourth-order valence-corrected chi connectivity index (χ4v) is 4.27. The average molecular weight is 488 g/mol. The highest BCUT2D eigenvalue weighted by Gasteiger charge is 2.34. The number of rotatable bonds is 5. The van der Waals surface area contributed by atoms with Gasteiger partial charge in [0.2, 0.25) is 0 Å². The van der Waals surface area contributed by atoms with Crippen molar-refractivity contribution in [3.8, 4) is 11.5 Å². The molecule has 0 saturated carbocycles. The van der Waals surface area contributed by atoms with E-state index < -0.39 is 17.5 Å². The van der Waals surface area contributed by atoms with Crippen molar-refractivity contribution in [2.75, 3.05) is 38.2 Å². The van der Waals surface area contributed by atoms with E-state index in [-0.39, 0.29) is 47.8 Å². The van der Waals surface area contributed by atoms with E-state index in [9.17, 15) is 18.4 Å². The van der Waals surface area contributed by atoms with Gasteiger partial charge in [0.25, 0.3) is 11.8 Å². The third-order valence-corrected chi connectivity index (χ3v) is 6.12. The molecular weight excluding hydrogens is 468 g/mol. The van der Waals surface area contributed by atoms with Gasteiger partial charge in [-0.1, -0.05) is 23.7 Å². The second-order valence-electron chi connectivity index (χ2n) is 8.22. The summed E-state index contributed by atoms with van der Waals surface area (Å²) in [4.78, 5) is 25.7. The van der Waals surface area contributed by atoms with Crippen molar-refractivity contribution in [3.63, 3.8) is 0 Å². The lowest BCUT2D eigenvalue weighted by molar-refractivity contribution is -0.118. The zero-order valence-electron chi connectivity index (χ0n) is 17.9. The summed E-state index contributed by atoms with van der Waals surface area (Å²) in [6.07, 6.45) is 3.55. The van der Waals surface area contributed by atoms with Crippen molar-refractivity contribution in [2.24, 2.45) is 5.92 Å². The highest BCUT2D eigenvalue weighted by molar-refractivity contribution is 6.37. The van der Waals surface area contributed by atoms with Crippen LogP contribution in [0.5, 0.6) is 11.5 Å². The first kappa shape index (κ1) is 22.2. The molecule has 0 unspecified atom stereocenters. The number of likely N-dealkylation sites (tertiary alicyclic amines) is 1. The van der Waals surface area contributed by atoms with Crippen LogP contribution in [0.15, 0.2) is 47.6 Å². The number of hydrogen-bond donors (Lipinski definition) is 2. The first-order valence-corrected chi connectivity index (χ1v) is 11.0. The Hall–Kier alpha value is -3.59. The van der Waals surface area contributed by atoms with Crippen LogP contribution >= 0.6 is 11.6 Å². The van der Waals surface area contributed by atoms with Gasteiger partial charge in [0.15, 0.2) is 18.2 Å². The van der Waals surface area contributed by atoms with Gasteiger partial charge < -0.3 is 25.0 Å². The molecule has 3 aliphatic rings. The van der Waals surface area contributed by atoms with Gasteiger partial charge in [-0.05, 0) is 29.3 Å². The topological polar surface area (TPSA) is 79.9 Å². The van der Waals surface area contributed by atoms with Gasteiger partial charge in [0, 0.05) is 37.8 Å². The maximum atomic E-state index is 14.6. The molecule has 3 aliphatic heterocycles. The van der Waals surface area contributed by atoms with Crippen molar-refractivity contribution in [1.82, 2.24) is 10.2 Å². The Morgan fingerprint density at radius 2 is 2.03 bits per heavy atom. The number of fused-ring (bicyclic) bond motifs is 1. The van der Waals surface area contributed by atoms with E-state index in [1.807, 2.05) is 6.08 Å². The first-order chi connectivity index (χ1) is 16.4. The zero-order chi connectivity index (χ0) is 23.8. The lowest BCUT2D eigenvalue weighted by Gasteiger charge is -2.39. The van der Waals surface area contributed by atoms with Crippen molar-refractivity contribution < 1.29 is 27.8 Å². The largest absolute Gasteiger partial charge is 0.490 e. The minimum atomic E-state index is -0.722. The number of nitrogens with zero attached hydrogens (tertiary/aromatic N) is 1. The number of carbonyl (C=O) groups is 2. The predicted molar refractivity (Wildman–Crippen MR) is 122 cm³/mol. The van der Waals surface area contributed by atoms with Gasteiger partial charge in [0.1, 0.15) is 11.6 Å². The van der Waals surface area contributed by atoms with Gasteiger partial charge in [0.05, 0.1) is 22.9 Å². The molecule has 2 amide bonds. The molecule has 1 saturated heterocycles. The second-order valence-corrected chi connectivity index (χ2v) is 8.62. The molecule has 7 nitrogen and oxygen atoms in total. The van der Waals surface area contributed by atoms with E-state index in [0.29, 0.717) is 30.2 Å². The summed E-state index contributed by atoms with van der Waals surface area (Å²) in [6, 6.07) is 7.05.